The Hall–Kier alpha value is -1.37. The van der Waals surface area contributed by atoms with Crippen LogP contribution in [0.15, 0.2) is 30.3 Å². The molecule has 3 heteroatoms. The summed E-state index contributed by atoms with van der Waals surface area (Å²) in [6.45, 7) is 1.21. The Kier molecular flexibility index (Phi) is 4.57. The number of hydrogen-bond donors (Lipinski definition) is 1. The molecule has 1 aromatic carbocycles. The number of nitriles is 1. The number of hydrogen-bond acceptors (Lipinski definition) is 3. The van der Waals surface area contributed by atoms with Crippen LogP contribution in [0.4, 0.5) is 0 Å². The summed E-state index contributed by atoms with van der Waals surface area (Å²) < 4.78 is 5.89. The van der Waals surface area contributed by atoms with Crippen molar-refractivity contribution in [2.75, 3.05) is 13.2 Å². The summed E-state index contributed by atoms with van der Waals surface area (Å²) in [6, 6.07) is 13.0. The van der Waals surface area contributed by atoms with Gasteiger partial charge in [0.15, 0.2) is 5.54 Å². The van der Waals surface area contributed by atoms with Gasteiger partial charge in [-0.25, -0.2) is 0 Å². The fourth-order valence-electron chi connectivity index (χ4n) is 2.89. The molecule has 0 bridgehead atoms. The van der Waals surface area contributed by atoms with Crippen LogP contribution in [0.3, 0.4) is 0 Å². The molecular weight excluding hydrogens is 260 g/mol. The summed E-state index contributed by atoms with van der Waals surface area (Å²) >= 11 is 0. The Morgan fingerprint density at radius 1 is 1.19 bits per heavy atom. The summed E-state index contributed by atoms with van der Waals surface area (Å²) in [5.74, 6) is 0.856. The van der Waals surface area contributed by atoms with Crippen LogP contribution in [-0.2, 0) is 10.3 Å². The Bertz CT molecular complexity index is 488. The fourth-order valence-corrected chi connectivity index (χ4v) is 2.89. The van der Waals surface area contributed by atoms with E-state index in [0.717, 1.165) is 24.5 Å². The van der Waals surface area contributed by atoms with Crippen LogP contribution in [0, 0.1) is 17.2 Å². The average molecular weight is 284 g/mol. The van der Waals surface area contributed by atoms with E-state index in [2.05, 4.69) is 11.4 Å². The summed E-state index contributed by atoms with van der Waals surface area (Å²) in [5, 5.41) is 13.3. The molecule has 21 heavy (non-hydrogen) atoms. The Labute approximate surface area is 127 Å². The number of nitrogens with one attached hydrogen (secondary N) is 1. The van der Waals surface area contributed by atoms with Gasteiger partial charge in [-0.1, -0.05) is 49.6 Å². The Morgan fingerprint density at radius 3 is 2.52 bits per heavy atom. The molecule has 0 radical (unpaired) electrons. The average Bonchev–Trinajstić information content (AvgIpc) is 3.29. The maximum absolute atomic E-state index is 9.78. The smallest absolute Gasteiger partial charge is 0.156 e. The zero-order valence-corrected chi connectivity index (χ0v) is 12.6. The van der Waals surface area contributed by atoms with Gasteiger partial charge in [0.2, 0.25) is 0 Å². The molecule has 0 spiro atoms. The van der Waals surface area contributed by atoms with Gasteiger partial charge in [-0.2, -0.15) is 5.26 Å². The van der Waals surface area contributed by atoms with Crippen molar-refractivity contribution in [3.8, 4) is 6.07 Å². The van der Waals surface area contributed by atoms with Crippen molar-refractivity contribution in [1.29, 1.82) is 5.26 Å². The molecule has 0 aromatic heterocycles. The van der Waals surface area contributed by atoms with E-state index in [9.17, 15) is 5.26 Å². The zero-order valence-electron chi connectivity index (χ0n) is 12.6. The molecule has 2 aliphatic rings. The normalized spacial score (nSPS) is 21.3. The lowest BCUT2D eigenvalue weighted by atomic mass is 9.83. The van der Waals surface area contributed by atoms with Gasteiger partial charge in [0.25, 0.3) is 0 Å². The van der Waals surface area contributed by atoms with E-state index >= 15 is 0 Å². The number of rotatable bonds is 8. The predicted molar refractivity (Wildman–Crippen MR) is 82.7 cm³/mol. The molecule has 1 N–H and O–H groups in total. The molecule has 3 rings (SSSR count). The van der Waals surface area contributed by atoms with Crippen LogP contribution >= 0.6 is 0 Å². The molecule has 2 saturated carbocycles. The summed E-state index contributed by atoms with van der Waals surface area (Å²) in [5.41, 5.74) is 0.324. The molecule has 2 fully saturated rings. The van der Waals surface area contributed by atoms with E-state index in [1.165, 1.54) is 32.1 Å². The van der Waals surface area contributed by atoms with Crippen molar-refractivity contribution >= 4 is 0 Å². The first-order chi connectivity index (χ1) is 10.3. The standard InChI is InChI=1S/C18H24N2O/c19-13-18(20-17-9-10-17,16-7-2-1-3-8-16)14-21-12-11-15-5-4-6-15/h1-3,7-8,15,17,20H,4-6,9-12,14H2. The lowest BCUT2D eigenvalue weighted by Crippen LogP contribution is -2.46. The second-order valence-electron chi connectivity index (χ2n) is 6.44. The highest BCUT2D eigenvalue weighted by Crippen LogP contribution is 2.31. The number of ether oxygens (including phenoxy) is 1. The molecule has 0 heterocycles. The maximum atomic E-state index is 9.78. The van der Waals surface area contributed by atoms with Gasteiger partial charge in [-0.05, 0) is 30.7 Å². The van der Waals surface area contributed by atoms with E-state index in [-0.39, 0.29) is 0 Å². The van der Waals surface area contributed by atoms with Gasteiger partial charge in [0.1, 0.15) is 0 Å². The summed E-state index contributed by atoms with van der Waals surface area (Å²) in [4.78, 5) is 0. The van der Waals surface area contributed by atoms with Gasteiger partial charge in [-0.3, -0.25) is 5.32 Å². The molecule has 0 saturated heterocycles. The van der Waals surface area contributed by atoms with Crippen LogP contribution in [0.25, 0.3) is 0 Å². The SMILES string of the molecule is N#CC(COCCC1CCC1)(NC1CC1)c1ccccc1. The highest BCUT2D eigenvalue weighted by Gasteiger charge is 2.38. The first kappa shape index (κ1) is 14.6. The van der Waals surface area contributed by atoms with Gasteiger partial charge in [0, 0.05) is 12.6 Å². The van der Waals surface area contributed by atoms with E-state index < -0.39 is 5.54 Å². The summed E-state index contributed by atoms with van der Waals surface area (Å²) in [7, 11) is 0. The van der Waals surface area contributed by atoms with Gasteiger partial charge in [0.05, 0.1) is 12.7 Å². The highest BCUT2D eigenvalue weighted by atomic mass is 16.5. The van der Waals surface area contributed by atoms with E-state index in [0.29, 0.717) is 12.6 Å². The van der Waals surface area contributed by atoms with E-state index in [1.807, 2.05) is 30.3 Å². The maximum Gasteiger partial charge on any atom is 0.156 e. The number of nitrogens with zero attached hydrogens (tertiary/aromatic N) is 1. The quantitative estimate of drug-likeness (QED) is 0.744. The molecule has 0 amide bonds. The van der Waals surface area contributed by atoms with Crippen molar-refractivity contribution in [3.05, 3.63) is 35.9 Å². The van der Waals surface area contributed by atoms with Crippen LogP contribution in [0.1, 0.15) is 44.1 Å². The topological polar surface area (TPSA) is 45.0 Å². The van der Waals surface area contributed by atoms with Crippen molar-refractivity contribution < 1.29 is 4.74 Å². The van der Waals surface area contributed by atoms with Gasteiger partial charge >= 0.3 is 0 Å². The molecule has 0 aliphatic heterocycles. The van der Waals surface area contributed by atoms with Crippen molar-refractivity contribution in [2.45, 2.75) is 50.1 Å². The molecule has 1 unspecified atom stereocenters. The third-order valence-electron chi connectivity index (χ3n) is 4.70. The highest BCUT2D eigenvalue weighted by molar-refractivity contribution is 5.32. The lowest BCUT2D eigenvalue weighted by Gasteiger charge is -2.30. The van der Waals surface area contributed by atoms with Gasteiger partial charge < -0.3 is 4.74 Å². The Morgan fingerprint density at radius 2 is 1.95 bits per heavy atom. The van der Waals surface area contributed by atoms with Crippen LogP contribution in [0.2, 0.25) is 0 Å². The summed E-state index contributed by atoms with van der Waals surface area (Å²) in [6.07, 6.45) is 7.55. The van der Waals surface area contributed by atoms with Crippen molar-refractivity contribution in [3.63, 3.8) is 0 Å². The fraction of sp³-hybridized carbons (Fsp3) is 0.611. The third kappa shape index (κ3) is 3.64. The molecule has 1 atom stereocenters. The second-order valence-corrected chi connectivity index (χ2v) is 6.44. The minimum absolute atomic E-state index is 0.441. The molecule has 1 aromatic rings. The first-order valence-corrected chi connectivity index (χ1v) is 8.15. The molecule has 112 valence electrons. The second kappa shape index (κ2) is 6.60. The number of benzene rings is 1. The molecule has 3 nitrogen and oxygen atoms in total. The monoisotopic (exact) mass is 284 g/mol. The van der Waals surface area contributed by atoms with Crippen LogP contribution in [0.5, 0.6) is 0 Å². The minimum Gasteiger partial charge on any atom is -0.378 e. The van der Waals surface area contributed by atoms with E-state index in [1.54, 1.807) is 0 Å². The zero-order chi connectivity index (χ0) is 14.5. The largest absolute Gasteiger partial charge is 0.378 e. The third-order valence-corrected chi connectivity index (χ3v) is 4.70. The molecule has 2 aliphatic carbocycles. The lowest BCUT2D eigenvalue weighted by molar-refractivity contribution is 0.0697. The molecular formula is C18H24N2O. The first-order valence-electron chi connectivity index (χ1n) is 8.15. The van der Waals surface area contributed by atoms with Crippen LogP contribution in [-0.4, -0.2) is 19.3 Å². The predicted octanol–water partition coefficient (Wildman–Crippen LogP) is 3.36. The van der Waals surface area contributed by atoms with Gasteiger partial charge in [-0.15, -0.1) is 0 Å². The van der Waals surface area contributed by atoms with Crippen molar-refractivity contribution in [1.82, 2.24) is 5.32 Å². The van der Waals surface area contributed by atoms with Crippen LogP contribution < -0.4 is 5.32 Å². The Balaban J connectivity index is 1.61. The van der Waals surface area contributed by atoms with E-state index in [4.69, 9.17) is 4.74 Å². The van der Waals surface area contributed by atoms with Crippen molar-refractivity contribution in [2.24, 2.45) is 5.92 Å². The minimum atomic E-state index is -0.692.